The van der Waals surface area contributed by atoms with Crippen LogP contribution in [0.4, 0.5) is 0 Å². The molecule has 1 heterocycles. The van der Waals surface area contributed by atoms with Crippen molar-refractivity contribution in [3.63, 3.8) is 0 Å². The van der Waals surface area contributed by atoms with Gasteiger partial charge in [0, 0.05) is 12.8 Å². The molecule has 0 aliphatic carbocycles. The molecule has 0 aromatic carbocycles. The highest BCUT2D eigenvalue weighted by Gasteiger charge is 2.36. The number of ether oxygens (including phenoxy) is 3. The first kappa shape index (κ1) is 50.0. The number of likely N-dealkylation sites (N-methyl/N-ethyl adjacent to an activating group) is 1. The highest BCUT2D eigenvalue weighted by molar-refractivity contribution is 7.45. The molecule has 4 atom stereocenters. The van der Waals surface area contributed by atoms with Crippen LogP contribution in [-0.4, -0.2) is 82.2 Å². The second-order valence-electron chi connectivity index (χ2n) is 16.5. The van der Waals surface area contributed by atoms with E-state index in [9.17, 15) is 19.0 Å². The number of phosphoric ester groups is 1. The van der Waals surface area contributed by atoms with Gasteiger partial charge >= 0.3 is 11.9 Å². The van der Waals surface area contributed by atoms with Gasteiger partial charge in [0.25, 0.3) is 7.82 Å². The van der Waals surface area contributed by atoms with Gasteiger partial charge in [0.1, 0.15) is 19.8 Å². The van der Waals surface area contributed by atoms with E-state index >= 15 is 0 Å². The average molecular weight is 776 g/mol. The van der Waals surface area contributed by atoms with Gasteiger partial charge in [-0.15, -0.1) is 0 Å². The fraction of sp³-hybridized carbons (Fsp3) is 0.952. The molecule has 4 unspecified atom stereocenters. The second kappa shape index (κ2) is 32.1. The van der Waals surface area contributed by atoms with Gasteiger partial charge < -0.3 is 32.6 Å². The molecule has 0 spiro atoms. The van der Waals surface area contributed by atoms with Crippen LogP contribution in [0.5, 0.6) is 0 Å². The fourth-order valence-corrected chi connectivity index (χ4v) is 7.23. The third-order valence-electron chi connectivity index (χ3n) is 10.0. The summed E-state index contributed by atoms with van der Waals surface area (Å²) in [5.41, 5.74) is 0. The first-order valence-corrected chi connectivity index (χ1v) is 23.3. The average Bonchev–Trinajstić information content (AvgIpc) is 3.86. The molecular formula is C42H82NO9P. The summed E-state index contributed by atoms with van der Waals surface area (Å²) in [5.74, 6) is -0.842. The largest absolute Gasteiger partial charge is 0.756 e. The van der Waals surface area contributed by atoms with Crippen LogP contribution in [0.2, 0.25) is 0 Å². The Labute approximate surface area is 325 Å². The minimum absolute atomic E-state index is 0.0314. The molecule has 0 saturated carbocycles. The van der Waals surface area contributed by atoms with Crippen molar-refractivity contribution in [2.24, 2.45) is 0 Å². The van der Waals surface area contributed by atoms with Crippen LogP contribution in [0, 0.1) is 0 Å². The number of rotatable bonds is 39. The third-order valence-corrected chi connectivity index (χ3v) is 11.0. The topological polar surface area (TPSA) is 124 Å². The van der Waals surface area contributed by atoms with E-state index in [1.165, 1.54) is 109 Å². The molecule has 0 aromatic rings. The number of hydrogen-bond donors (Lipinski definition) is 0. The van der Waals surface area contributed by atoms with Crippen molar-refractivity contribution in [3.05, 3.63) is 0 Å². The maximum Gasteiger partial charge on any atom is 0.306 e. The Morgan fingerprint density at radius 3 is 1.47 bits per heavy atom. The highest BCUT2D eigenvalue weighted by atomic mass is 31.2. The van der Waals surface area contributed by atoms with E-state index in [1.54, 1.807) is 0 Å². The lowest BCUT2D eigenvalue weighted by Gasteiger charge is -2.28. The zero-order valence-electron chi connectivity index (χ0n) is 34.9. The first-order valence-electron chi connectivity index (χ1n) is 21.9. The molecule has 1 saturated heterocycles. The molecule has 0 bridgehead atoms. The first-order chi connectivity index (χ1) is 25.5. The molecule has 1 rings (SSSR count). The van der Waals surface area contributed by atoms with Crippen LogP contribution in [0.15, 0.2) is 0 Å². The molecule has 314 valence electrons. The van der Waals surface area contributed by atoms with Crippen LogP contribution in [0.1, 0.15) is 194 Å². The van der Waals surface area contributed by atoms with E-state index in [-0.39, 0.29) is 32.0 Å². The zero-order chi connectivity index (χ0) is 39.0. The number of phosphoric acid groups is 1. The molecule has 53 heavy (non-hydrogen) atoms. The number of carbonyl (C=O) groups is 2. The molecular weight excluding hydrogens is 693 g/mol. The van der Waals surface area contributed by atoms with E-state index in [0.717, 1.165) is 51.4 Å². The summed E-state index contributed by atoms with van der Waals surface area (Å²) in [5, 5.41) is 0. The lowest BCUT2D eigenvalue weighted by atomic mass is 10.0. The van der Waals surface area contributed by atoms with Crippen LogP contribution >= 0.6 is 7.82 Å². The van der Waals surface area contributed by atoms with Gasteiger partial charge in [-0.25, -0.2) is 0 Å². The van der Waals surface area contributed by atoms with Crippen molar-refractivity contribution in [3.8, 4) is 0 Å². The van der Waals surface area contributed by atoms with Crippen molar-refractivity contribution in [2.75, 3.05) is 47.5 Å². The molecule has 0 N–H and O–H groups in total. The van der Waals surface area contributed by atoms with Crippen LogP contribution in [0.25, 0.3) is 0 Å². The maximum atomic E-state index is 12.7. The highest BCUT2D eigenvalue weighted by Crippen LogP contribution is 2.38. The number of unbranched alkanes of at least 4 members (excludes halogenated alkanes) is 21. The molecule has 0 amide bonds. The SMILES string of the molecule is CCCCCCCCCCCCCCCC(=O)OCC(COP(=O)([O-])OCC[N+](C)(C)C)OC(=O)CCCCCCCC1OC1CCCCCCCC. The Balaban J connectivity index is 2.28. The Morgan fingerprint density at radius 1 is 0.604 bits per heavy atom. The van der Waals surface area contributed by atoms with Gasteiger partial charge in [0.15, 0.2) is 6.10 Å². The van der Waals surface area contributed by atoms with Crippen molar-refractivity contribution in [1.82, 2.24) is 0 Å². The van der Waals surface area contributed by atoms with E-state index in [1.807, 2.05) is 21.1 Å². The standard InChI is InChI=1S/C42H82NO9P/c1-6-8-10-12-14-15-16-17-18-19-20-24-28-32-41(44)48-36-38(37-50-53(46,47)49-35-34-43(3,4)5)51-42(45)33-29-25-21-23-27-31-40-39(52-40)30-26-22-13-11-9-7-2/h38-40H,6-37H2,1-5H3. The van der Waals surface area contributed by atoms with Crippen LogP contribution < -0.4 is 4.89 Å². The summed E-state index contributed by atoms with van der Waals surface area (Å²) in [6.45, 7) is 4.21. The molecule has 10 nitrogen and oxygen atoms in total. The minimum Gasteiger partial charge on any atom is -0.756 e. The lowest BCUT2D eigenvalue weighted by molar-refractivity contribution is -0.870. The van der Waals surface area contributed by atoms with E-state index < -0.39 is 26.5 Å². The minimum atomic E-state index is -4.62. The quantitative estimate of drug-likeness (QED) is 0.0197. The van der Waals surface area contributed by atoms with Gasteiger partial charge in [0.2, 0.25) is 0 Å². The van der Waals surface area contributed by atoms with Gasteiger partial charge in [0.05, 0.1) is 40.0 Å². The lowest BCUT2D eigenvalue weighted by Crippen LogP contribution is -2.37. The Kier molecular flexibility index (Phi) is 30.3. The molecule has 0 radical (unpaired) electrons. The number of carbonyl (C=O) groups excluding carboxylic acids is 2. The summed E-state index contributed by atoms with van der Waals surface area (Å²) in [4.78, 5) is 37.5. The van der Waals surface area contributed by atoms with Gasteiger partial charge in [-0.3, -0.25) is 14.2 Å². The van der Waals surface area contributed by atoms with Crippen LogP contribution in [0.3, 0.4) is 0 Å². The number of hydrogen-bond acceptors (Lipinski definition) is 9. The Morgan fingerprint density at radius 2 is 1.02 bits per heavy atom. The summed E-state index contributed by atoms with van der Waals surface area (Å²) in [7, 11) is 1.16. The van der Waals surface area contributed by atoms with E-state index in [0.29, 0.717) is 29.7 Å². The van der Waals surface area contributed by atoms with Crippen molar-refractivity contribution >= 4 is 19.8 Å². The number of nitrogens with zero attached hydrogens (tertiary/aromatic N) is 1. The monoisotopic (exact) mass is 776 g/mol. The van der Waals surface area contributed by atoms with Crippen molar-refractivity contribution < 1.29 is 46.8 Å². The number of epoxide rings is 1. The van der Waals surface area contributed by atoms with E-state index in [2.05, 4.69) is 13.8 Å². The molecule has 0 aromatic heterocycles. The van der Waals surface area contributed by atoms with Crippen LogP contribution in [-0.2, 0) is 37.4 Å². The molecule has 11 heteroatoms. The molecule has 1 aliphatic rings. The molecule has 1 fully saturated rings. The molecule has 1 aliphatic heterocycles. The smallest absolute Gasteiger partial charge is 0.306 e. The maximum absolute atomic E-state index is 12.7. The second-order valence-corrected chi connectivity index (χ2v) is 17.9. The zero-order valence-corrected chi connectivity index (χ0v) is 35.8. The van der Waals surface area contributed by atoms with Crippen molar-refractivity contribution in [1.29, 1.82) is 0 Å². The predicted molar refractivity (Wildman–Crippen MR) is 213 cm³/mol. The number of esters is 2. The number of quaternary nitrogens is 1. The summed E-state index contributed by atoms with van der Waals surface area (Å²) < 4.78 is 39.7. The summed E-state index contributed by atoms with van der Waals surface area (Å²) >= 11 is 0. The van der Waals surface area contributed by atoms with E-state index in [4.69, 9.17) is 23.3 Å². The van der Waals surface area contributed by atoms with Crippen molar-refractivity contribution in [2.45, 2.75) is 212 Å². The fourth-order valence-electron chi connectivity index (χ4n) is 6.50. The predicted octanol–water partition coefficient (Wildman–Crippen LogP) is 10.4. The van der Waals surface area contributed by atoms with Gasteiger partial charge in [-0.2, -0.15) is 0 Å². The normalized spacial score (nSPS) is 17.4. The Bertz CT molecular complexity index is 944. The summed E-state index contributed by atoms with van der Waals surface area (Å²) in [6, 6.07) is 0. The van der Waals surface area contributed by atoms with Gasteiger partial charge in [-0.05, 0) is 25.7 Å². The summed E-state index contributed by atoms with van der Waals surface area (Å²) in [6.07, 6.45) is 31.3. The third kappa shape index (κ3) is 32.9. The van der Waals surface area contributed by atoms with Gasteiger partial charge in [-0.1, -0.05) is 155 Å². The Hall–Kier alpha value is -1.03.